The maximum absolute atomic E-state index is 11.8. The minimum atomic E-state index is -0.0653. The summed E-state index contributed by atoms with van der Waals surface area (Å²) < 4.78 is 4.92. The fraction of sp³-hybridized carbons (Fsp3) is 0.560. The maximum atomic E-state index is 11.8. The SMILES string of the molecule is COC(=O)C1CCN(C(C)c2ccc(C3CN(C4=C(Cl)CCC=C4Cl)C3)cc2C)CC1. The van der Waals surface area contributed by atoms with Crippen LogP contribution in [0.3, 0.4) is 0 Å². The second kappa shape index (κ2) is 9.56. The van der Waals surface area contributed by atoms with E-state index >= 15 is 0 Å². The minimum absolute atomic E-state index is 0.0506. The third-order valence-electron chi connectivity index (χ3n) is 7.20. The third-order valence-corrected chi connectivity index (χ3v) is 7.90. The molecule has 1 unspecified atom stereocenters. The number of methoxy groups -OCH3 is 1. The first-order valence-electron chi connectivity index (χ1n) is 11.3. The number of carbonyl (C=O) groups excluding carboxylic acids is 1. The Morgan fingerprint density at radius 3 is 2.52 bits per heavy atom. The van der Waals surface area contributed by atoms with E-state index in [0.717, 1.165) is 67.6 Å². The molecule has 2 heterocycles. The first-order chi connectivity index (χ1) is 14.9. The van der Waals surface area contributed by atoms with Gasteiger partial charge in [-0.3, -0.25) is 9.69 Å². The Morgan fingerprint density at radius 1 is 1.19 bits per heavy atom. The molecule has 0 radical (unpaired) electrons. The highest BCUT2D eigenvalue weighted by atomic mass is 35.5. The molecule has 168 valence electrons. The molecule has 0 amide bonds. The molecule has 4 nitrogen and oxygen atoms in total. The normalized spacial score (nSPS) is 22.2. The van der Waals surface area contributed by atoms with Gasteiger partial charge < -0.3 is 9.64 Å². The number of likely N-dealkylation sites (tertiary alicyclic amines) is 2. The van der Waals surface area contributed by atoms with Crippen LogP contribution >= 0.6 is 23.2 Å². The predicted octanol–water partition coefficient (Wildman–Crippen LogP) is 5.71. The second-order valence-corrected chi connectivity index (χ2v) is 9.93. The van der Waals surface area contributed by atoms with Crippen molar-refractivity contribution >= 4 is 29.2 Å². The number of hydrogen-bond donors (Lipinski definition) is 0. The topological polar surface area (TPSA) is 32.8 Å². The molecule has 6 heteroatoms. The molecule has 2 fully saturated rings. The molecule has 0 saturated carbocycles. The standard InChI is InChI=1S/C25H32Cl2N2O2/c1-16-13-19(20-14-29(15-20)24-22(26)5-4-6-23(24)27)7-8-21(16)17(2)28-11-9-18(10-12-28)25(30)31-3/h5,7-8,13,17-18,20H,4,6,9-12,14-15H2,1-3H3. The zero-order chi connectivity index (χ0) is 22.1. The highest BCUT2D eigenvalue weighted by molar-refractivity contribution is 6.35. The quantitative estimate of drug-likeness (QED) is 0.524. The molecule has 31 heavy (non-hydrogen) atoms. The van der Waals surface area contributed by atoms with E-state index in [4.69, 9.17) is 27.9 Å². The molecule has 0 aromatic heterocycles. The van der Waals surface area contributed by atoms with Crippen molar-refractivity contribution in [1.29, 1.82) is 0 Å². The molecule has 0 spiro atoms. The zero-order valence-electron chi connectivity index (χ0n) is 18.7. The van der Waals surface area contributed by atoms with Gasteiger partial charge in [-0.05, 0) is 69.3 Å². The molecule has 2 saturated heterocycles. The molecule has 4 rings (SSSR count). The van der Waals surface area contributed by atoms with Crippen molar-refractivity contribution in [3.05, 3.63) is 56.7 Å². The van der Waals surface area contributed by atoms with E-state index in [1.54, 1.807) is 0 Å². The van der Waals surface area contributed by atoms with Gasteiger partial charge in [0.15, 0.2) is 0 Å². The first kappa shape index (κ1) is 22.7. The number of nitrogens with zero attached hydrogens (tertiary/aromatic N) is 2. The molecule has 3 aliphatic rings. The van der Waals surface area contributed by atoms with E-state index in [1.165, 1.54) is 23.8 Å². The van der Waals surface area contributed by atoms with Gasteiger partial charge in [-0.25, -0.2) is 0 Å². The van der Waals surface area contributed by atoms with Crippen LogP contribution in [0.25, 0.3) is 0 Å². The van der Waals surface area contributed by atoms with Crippen LogP contribution in [-0.2, 0) is 9.53 Å². The number of piperidine rings is 1. The van der Waals surface area contributed by atoms with Crippen molar-refractivity contribution in [1.82, 2.24) is 9.80 Å². The van der Waals surface area contributed by atoms with E-state index in [-0.39, 0.29) is 11.9 Å². The van der Waals surface area contributed by atoms with Crippen molar-refractivity contribution in [2.75, 3.05) is 33.3 Å². The summed E-state index contributed by atoms with van der Waals surface area (Å²) in [5.74, 6) is 0.501. The lowest BCUT2D eigenvalue weighted by Gasteiger charge is -2.44. The van der Waals surface area contributed by atoms with E-state index in [1.807, 2.05) is 0 Å². The van der Waals surface area contributed by atoms with Crippen LogP contribution in [0.4, 0.5) is 0 Å². The van der Waals surface area contributed by atoms with Gasteiger partial charge in [0.1, 0.15) is 0 Å². The Hall–Kier alpha value is -1.49. The van der Waals surface area contributed by atoms with E-state index < -0.39 is 0 Å². The predicted molar refractivity (Wildman–Crippen MR) is 126 cm³/mol. The van der Waals surface area contributed by atoms with Crippen molar-refractivity contribution in [3.63, 3.8) is 0 Å². The Kier molecular flexibility index (Phi) is 7.00. The van der Waals surface area contributed by atoms with Crippen molar-refractivity contribution in [3.8, 4) is 0 Å². The molecule has 0 N–H and O–H groups in total. The van der Waals surface area contributed by atoms with Crippen LogP contribution in [-0.4, -0.2) is 49.1 Å². The van der Waals surface area contributed by atoms with Gasteiger partial charge in [-0.2, -0.15) is 0 Å². The lowest BCUT2D eigenvalue weighted by molar-refractivity contribution is -0.147. The van der Waals surface area contributed by atoms with Crippen LogP contribution in [0.5, 0.6) is 0 Å². The average Bonchev–Trinajstić information content (AvgIpc) is 2.74. The number of hydrogen-bond acceptors (Lipinski definition) is 4. The van der Waals surface area contributed by atoms with Crippen molar-refractivity contribution in [2.24, 2.45) is 5.92 Å². The highest BCUT2D eigenvalue weighted by Crippen LogP contribution is 2.40. The minimum Gasteiger partial charge on any atom is -0.469 e. The van der Waals surface area contributed by atoms with Crippen LogP contribution in [0.2, 0.25) is 0 Å². The van der Waals surface area contributed by atoms with Gasteiger partial charge in [0, 0.05) is 30.1 Å². The number of allylic oxidation sites excluding steroid dienone is 3. The van der Waals surface area contributed by atoms with Crippen LogP contribution < -0.4 is 0 Å². The highest BCUT2D eigenvalue weighted by Gasteiger charge is 2.33. The van der Waals surface area contributed by atoms with Gasteiger partial charge >= 0.3 is 5.97 Å². The van der Waals surface area contributed by atoms with E-state index in [0.29, 0.717) is 12.0 Å². The summed E-state index contributed by atoms with van der Waals surface area (Å²) in [4.78, 5) is 16.6. The lowest BCUT2D eigenvalue weighted by atomic mass is 9.87. The molecular formula is C25H32Cl2N2O2. The smallest absolute Gasteiger partial charge is 0.308 e. The van der Waals surface area contributed by atoms with Crippen LogP contribution in [0.15, 0.2) is 40.0 Å². The van der Waals surface area contributed by atoms with Gasteiger partial charge in [0.05, 0.1) is 23.8 Å². The second-order valence-electron chi connectivity index (χ2n) is 9.07. The maximum Gasteiger partial charge on any atom is 0.308 e. The van der Waals surface area contributed by atoms with Gasteiger partial charge in [0.2, 0.25) is 0 Å². The summed E-state index contributed by atoms with van der Waals surface area (Å²) in [6.45, 7) is 8.29. The molecule has 0 bridgehead atoms. The number of aryl methyl sites for hydroxylation is 1. The number of esters is 1. The summed E-state index contributed by atoms with van der Waals surface area (Å²) in [6.07, 6.45) is 5.64. The van der Waals surface area contributed by atoms with Crippen molar-refractivity contribution < 1.29 is 9.53 Å². The summed E-state index contributed by atoms with van der Waals surface area (Å²) >= 11 is 12.9. The monoisotopic (exact) mass is 462 g/mol. The molecule has 1 atom stereocenters. The Bertz CT molecular complexity index is 897. The molecule has 1 aromatic carbocycles. The first-order valence-corrected chi connectivity index (χ1v) is 12.1. The van der Waals surface area contributed by atoms with Gasteiger partial charge in [-0.1, -0.05) is 47.5 Å². The molecule has 1 aliphatic carbocycles. The third kappa shape index (κ3) is 4.67. The Labute approximate surface area is 195 Å². The zero-order valence-corrected chi connectivity index (χ0v) is 20.2. The molecular weight excluding hydrogens is 431 g/mol. The van der Waals surface area contributed by atoms with E-state index in [9.17, 15) is 4.79 Å². The summed E-state index contributed by atoms with van der Waals surface area (Å²) in [6, 6.07) is 7.28. The molecule has 1 aromatic rings. The summed E-state index contributed by atoms with van der Waals surface area (Å²) in [5, 5.41) is 1.69. The van der Waals surface area contributed by atoms with Crippen molar-refractivity contribution in [2.45, 2.75) is 51.5 Å². The Balaban J connectivity index is 1.37. The van der Waals surface area contributed by atoms with Crippen LogP contribution in [0.1, 0.15) is 61.3 Å². The fourth-order valence-corrected chi connectivity index (χ4v) is 5.89. The largest absolute Gasteiger partial charge is 0.469 e. The Morgan fingerprint density at radius 2 is 1.90 bits per heavy atom. The van der Waals surface area contributed by atoms with Crippen LogP contribution in [0, 0.1) is 12.8 Å². The summed E-state index contributed by atoms with van der Waals surface area (Å²) in [5.41, 5.74) is 5.14. The number of carbonyl (C=O) groups is 1. The number of ether oxygens (including phenoxy) is 1. The molecule has 2 aliphatic heterocycles. The number of halogens is 2. The fourth-order valence-electron chi connectivity index (χ4n) is 5.17. The number of benzene rings is 1. The van der Waals surface area contributed by atoms with Gasteiger partial charge in [0.25, 0.3) is 0 Å². The van der Waals surface area contributed by atoms with Gasteiger partial charge in [-0.15, -0.1) is 0 Å². The lowest BCUT2D eigenvalue weighted by Crippen LogP contribution is -2.44. The average molecular weight is 463 g/mol. The van der Waals surface area contributed by atoms with E-state index in [2.05, 4.69) is 47.9 Å². The number of rotatable bonds is 5. The summed E-state index contributed by atoms with van der Waals surface area (Å²) in [7, 11) is 1.48.